The summed E-state index contributed by atoms with van der Waals surface area (Å²) < 4.78 is 0. The van der Waals surface area contributed by atoms with Gasteiger partial charge in [-0.2, -0.15) is 0 Å². The Hall–Kier alpha value is -0.150. The Morgan fingerprint density at radius 3 is 3.09 bits per heavy atom. The summed E-state index contributed by atoms with van der Waals surface area (Å²) in [6.07, 6.45) is 5.06. The molecule has 0 N–H and O–H groups in total. The van der Waals surface area contributed by atoms with Gasteiger partial charge in [0.05, 0.1) is 0 Å². The molecular formula is C8H10BrNS. The number of hydrogen-bond donors (Lipinski definition) is 0. The predicted octanol–water partition coefficient (Wildman–Crippen LogP) is 3.33. The first-order chi connectivity index (χ1) is 5.36. The van der Waals surface area contributed by atoms with Crippen LogP contribution in [0.1, 0.15) is 18.4 Å². The summed E-state index contributed by atoms with van der Waals surface area (Å²) >= 11 is 5.10. The second-order valence-corrected chi connectivity index (χ2v) is 3.65. The monoisotopic (exact) mass is 231 g/mol. The molecule has 1 aromatic heterocycles. The molecule has 11 heavy (non-hydrogen) atoms. The summed E-state index contributed by atoms with van der Waals surface area (Å²) in [7, 11) is 0. The molecule has 0 spiro atoms. The summed E-state index contributed by atoms with van der Waals surface area (Å²) in [6, 6.07) is 0. The standard InChI is InChI=1S/C8H10BrNS/c1-2-7(6-9)5-8-10-3-4-11-8/h3-5H,2,6H2,1H3/b7-5-. The molecule has 0 aliphatic heterocycles. The van der Waals surface area contributed by atoms with Crippen molar-refractivity contribution in [3.8, 4) is 0 Å². The number of nitrogens with zero attached hydrogens (tertiary/aromatic N) is 1. The van der Waals surface area contributed by atoms with Crippen molar-refractivity contribution in [3.05, 3.63) is 22.2 Å². The number of thiazole rings is 1. The van der Waals surface area contributed by atoms with Crippen LogP contribution in [0.3, 0.4) is 0 Å². The summed E-state index contributed by atoms with van der Waals surface area (Å²) in [5.41, 5.74) is 1.39. The lowest BCUT2D eigenvalue weighted by molar-refractivity contribution is 1.12. The average Bonchev–Trinajstić information content (AvgIpc) is 2.52. The molecule has 0 saturated heterocycles. The number of aromatic nitrogens is 1. The van der Waals surface area contributed by atoms with Crippen LogP contribution in [0.25, 0.3) is 6.08 Å². The van der Waals surface area contributed by atoms with Crippen LogP contribution in [0.4, 0.5) is 0 Å². The molecule has 0 saturated carbocycles. The zero-order valence-electron chi connectivity index (χ0n) is 6.38. The zero-order valence-corrected chi connectivity index (χ0v) is 8.78. The third-order valence-electron chi connectivity index (χ3n) is 1.40. The van der Waals surface area contributed by atoms with E-state index in [4.69, 9.17) is 0 Å². The number of halogens is 1. The molecule has 1 rings (SSSR count). The van der Waals surface area contributed by atoms with Gasteiger partial charge in [-0.15, -0.1) is 11.3 Å². The van der Waals surface area contributed by atoms with Crippen LogP contribution < -0.4 is 0 Å². The van der Waals surface area contributed by atoms with Crippen LogP contribution >= 0.6 is 27.3 Å². The molecule has 0 atom stereocenters. The highest BCUT2D eigenvalue weighted by molar-refractivity contribution is 9.09. The van der Waals surface area contributed by atoms with Crippen molar-refractivity contribution in [1.82, 2.24) is 4.98 Å². The smallest absolute Gasteiger partial charge is 0.115 e. The van der Waals surface area contributed by atoms with E-state index in [2.05, 4.69) is 33.9 Å². The Morgan fingerprint density at radius 2 is 2.64 bits per heavy atom. The SMILES string of the molecule is CC/C(=C/c1nccs1)CBr. The lowest BCUT2D eigenvalue weighted by atomic mass is 10.2. The summed E-state index contributed by atoms with van der Waals surface area (Å²) in [5, 5.41) is 4.04. The van der Waals surface area contributed by atoms with Gasteiger partial charge in [-0.3, -0.25) is 0 Å². The van der Waals surface area contributed by atoms with E-state index < -0.39 is 0 Å². The maximum atomic E-state index is 4.17. The van der Waals surface area contributed by atoms with E-state index in [9.17, 15) is 0 Å². The van der Waals surface area contributed by atoms with E-state index in [1.807, 2.05) is 11.6 Å². The van der Waals surface area contributed by atoms with Gasteiger partial charge in [0, 0.05) is 16.9 Å². The van der Waals surface area contributed by atoms with Crippen molar-refractivity contribution >= 4 is 33.3 Å². The second kappa shape index (κ2) is 4.67. The molecule has 0 aromatic carbocycles. The maximum Gasteiger partial charge on any atom is 0.115 e. The normalized spacial score (nSPS) is 12.0. The van der Waals surface area contributed by atoms with Gasteiger partial charge in [-0.1, -0.05) is 28.4 Å². The van der Waals surface area contributed by atoms with Crippen LogP contribution in [0.2, 0.25) is 0 Å². The molecule has 1 heterocycles. The van der Waals surface area contributed by atoms with Crippen molar-refractivity contribution in [2.45, 2.75) is 13.3 Å². The molecule has 0 radical (unpaired) electrons. The van der Waals surface area contributed by atoms with Crippen LogP contribution in [0, 0.1) is 0 Å². The quantitative estimate of drug-likeness (QED) is 0.728. The summed E-state index contributed by atoms with van der Waals surface area (Å²) in [5.74, 6) is 0. The molecule has 0 unspecified atom stereocenters. The Balaban J connectivity index is 2.71. The third kappa shape index (κ3) is 2.75. The Morgan fingerprint density at radius 1 is 1.82 bits per heavy atom. The highest BCUT2D eigenvalue weighted by atomic mass is 79.9. The number of hydrogen-bond acceptors (Lipinski definition) is 2. The zero-order chi connectivity index (χ0) is 8.10. The molecule has 3 heteroatoms. The number of allylic oxidation sites excluding steroid dienone is 1. The Labute approximate surface area is 79.3 Å². The Kier molecular flexibility index (Phi) is 3.80. The van der Waals surface area contributed by atoms with E-state index >= 15 is 0 Å². The van der Waals surface area contributed by atoms with E-state index in [-0.39, 0.29) is 0 Å². The fourth-order valence-electron chi connectivity index (χ4n) is 0.715. The van der Waals surface area contributed by atoms with Crippen molar-refractivity contribution in [2.24, 2.45) is 0 Å². The van der Waals surface area contributed by atoms with Crippen LogP contribution in [0.5, 0.6) is 0 Å². The van der Waals surface area contributed by atoms with Crippen LogP contribution in [0.15, 0.2) is 17.2 Å². The van der Waals surface area contributed by atoms with Gasteiger partial charge >= 0.3 is 0 Å². The average molecular weight is 232 g/mol. The fraction of sp³-hybridized carbons (Fsp3) is 0.375. The number of alkyl halides is 1. The maximum absolute atomic E-state index is 4.17. The first-order valence-electron chi connectivity index (χ1n) is 3.51. The first-order valence-corrected chi connectivity index (χ1v) is 5.51. The highest BCUT2D eigenvalue weighted by Gasteiger charge is 1.93. The van der Waals surface area contributed by atoms with Crippen LogP contribution in [-0.2, 0) is 0 Å². The molecule has 0 fully saturated rings. The minimum atomic E-state index is 0.948. The van der Waals surface area contributed by atoms with Crippen molar-refractivity contribution in [2.75, 3.05) is 5.33 Å². The van der Waals surface area contributed by atoms with Gasteiger partial charge in [-0.05, 0) is 12.5 Å². The molecule has 60 valence electrons. The Bertz CT molecular complexity index is 222. The number of rotatable bonds is 3. The van der Waals surface area contributed by atoms with Gasteiger partial charge in [0.1, 0.15) is 5.01 Å². The minimum Gasteiger partial charge on any atom is -0.245 e. The fourth-order valence-corrected chi connectivity index (χ4v) is 1.89. The summed E-state index contributed by atoms with van der Waals surface area (Å²) in [6.45, 7) is 2.15. The first kappa shape index (κ1) is 8.94. The van der Waals surface area contributed by atoms with E-state index in [0.29, 0.717) is 0 Å². The van der Waals surface area contributed by atoms with Crippen molar-refractivity contribution < 1.29 is 0 Å². The van der Waals surface area contributed by atoms with Gasteiger partial charge in [-0.25, -0.2) is 4.98 Å². The molecular weight excluding hydrogens is 222 g/mol. The van der Waals surface area contributed by atoms with Gasteiger partial charge in [0.25, 0.3) is 0 Å². The second-order valence-electron chi connectivity index (χ2n) is 2.16. The topological polar surface area (TPSA) is 12.9 Å². The van der Waals surface area contributed by atoms with Crippen LogP contribution in [-0.4, -0.2) is 10.3 Å². The highest BCUT2D eigenvalue weighted by Crippen LogP contribution is 2.13. The lowest BCUT2D eigenvalue weighted by Gasteiger charge is -1.94. The molecule has 1 nitrogen and oxygen atoms in total. The molecule has 1 aromatic rings. The molecule has 0 aliphatic rings. The van der Waals surface area contributed by atoms with Crippen molar-refractivity contribution in [1.29, 1.82) is 0 Å². The summed E-state index contributed by atoms with van der Waals surface area (Å²) in [4.78, 5) is 4.17. The van der Waals surface area contributed by atoms with Crippen molar-refractivity contribution in [3.63, 3.8) is 0 Å². The predicted molar refractivity (Wildman–Crippen MR) is 54.2 cm³/mol. The largest absolute Gasteiger partial charge is 0.245 e. The van der Waals surface area contributed by atoms with Gasteiger partial charge < -0.3 is 0 Å². The van der Waals surface area contributed by atoms with Gasteiger partial charge in [0.15, 0.2) is 0 Å². The lowest BCUT2D eigenvalue weighted by Crippen LogP contribution is -1.80. The minimum absolute atomic E-state index is 0.948. The van der Waals surface area contributed by atoms with Gasteiger partial charge in [0.2, 0.25) is 0 Å². The molecule has 0 bridgehead atoms. The van der Waals surface area contributed by atoms with E-state index in [0.717, 1.165) is 16.8 Å². The van der Waals surface area contributed by atoms with E-state index in [1.165, 1.54) is 5.57 Å². The molecule has 0 aliphatic carbocycles. The van der Waals surface area contributed by atoms with E-state index in [1.54, 1.807) is 11.3 Å². The third-order valence-corrected chi connectivity index (χ3v) is 2.85. The molecule has 0 amide bonds.